The van der Waals surface area contributed by atoms with Crippen molar-refractivity contribution in [3.05, 3.63) is 117 Å². The van der Waals surface area contributed by atoms with Crippen molar-refractivity contribution < 1.29 is 39.3 Å². The Balaban J connectivity index is 0.00000277. The first-order valence-corrected chi connectivity index (χ1v) is 18.2. The molecule has 2 aromatic carbocycles. The van der Waals surface area contributed by atoms with Crippen molar-refractivity contribution >= 4 is 54.7 Å². The fourth-order valence-corrected chi connectivity index (χ4v) is 5.30. The molecule has 8 N–H and O–H groups in total. The summed E-state index contributed by atoms with van der Waals surface area (Å²) in [5, 5.41) is 45.0. The zero-order valence-corrected chi connectivity index (χ0v) is 32.3. The van der Waals surface area contributed by atoms with E-state index >= 15 is 0 Å². The second kappa shape index (κ2) is 25.9. The zero-order chi connectivity index (χ0) is 40.6. The first-order chi connectivity index (χ1) is 25.9. The smallest absolute Gasteiger partial charge is 0.329 e. The molecule has 0 fully saturated rings. The van der Waals surface area contributed by atoms with E-state index in [1.165, 1.54) is 19.3 Å². The molecule has 3 rings (SSSR count). The van der Waals surface area contributed by atoms with E-state index in [1.54, 1.807) is 49.6 Å². The van der Waals surface area contributed by atoms with Crippen LogP contribution in [0.5, 0.6) is 0 Å². The molecule has 0 bridgehead atoms. The summed E-state index contributed by atoms with van der Waals surface area (Å²) in [5.41, 5.74) is 3.35. The second-order valence-corrected chi connectivity index (χ2v) is 11.7. The lowest BCUT2D eigenvalue weighted by atomic mass is 9.93. The van der Waals surface area contributed by atoms with Crippen LogP contribution in [0.1, 0.15) is 37.8 Å². The summed E-state index contributed by atoms with van der Waals surface area (Å²) in [6.07, 6.45) is 5.14. The SMILES string of the molecule is CC/C(C)=C1\C(=N)C(NCCC(=O)NC(Cc2ccccc2)C(=O)NC(Cc2ccccc2)C(=O)NC(CS)C(=O)OC)=CC=C1[N+](=O)[O-].CS.ONO. The molecular formula is C36H49N7O9S2. The quantitative estimate of drug-likeness (QED) is 0.0484. The molecule has 3 atom stereocenters. The minimum atomic E-state index is -1.10. The van der Waals surface area contributed by atoms with Gasteiger partial charge in [0.05, 0.1) is 29.0 Å². The van der Waals surface area contributed by atoms with Crippen LogP contribution in [0.2, 0.25) is 0 Å². The number of allylic oxidation sites excluding steroid dienone is 5. The Labute approximate surface area is 325 Å². The molecule has 0 radical (unpaired) electrons. The van der Waals surface area contributed by atoms with Gasteiger partial charge in [-0.05, 0) is 36.8 Å². The van der Waals surface area contributed by atoms with Gasteiger partial charge in [0.15, 0.2) is 0 Å². The molecule has 2 aromatic rings. The molecule has 3 amide bonds. The van der Waals surface area contributed by atoms with Crippen molar-refractivity contribution in [2.75, 3.05) is 25.7 Å². The maximum Gasteiger partial charge on any atom is 0.329 e. The number of hydrogen-bond donors (Lipinski definition) is 10. The van der Waals surface area contributed by atoms with E-state index in [0.717, 1.165) is 16.8 Å². The predicted octanol–water partition coefficient (Wildman–Crippen LogP) is 2.71. The number of rotatable bonds is 17. The first kappa shape index (κ1) is 47.0. The Hall–Kier alpha value is -5.01. The largest absolute Gasteiger partial charge is 0.467 e. The number of methoxy groups -OCH3 is 1. The maximum atomic E-state index is 13.8. The highest BCUT2D eigenvalue weighted by atomic mass is 32.1. The third-order valence-corrected chi connectivity index (χ3v) is 8.20. The molecule has 0 saturated heterocycles. The van der Waals surface area contributed by atoms with Gasteiger partial charge in [-0.2, -0.15) is 25.3 Å². The van der Waals surface area contributed by atoms with E-state index in [0.29, 0.717) is 17.7 Å². The van der Waals surface area contributed by atoms with Crippen molar-refractivity contribution in [2.24, 2.45) is 0 Å². The lowest BCUT2D eigenvalue weighted by Crippen LogP contribution is -2.57. The van der Waals surface area contributed by atoms with Gasteiger partial charge in [0.25, 0.3) is 5.70 Å². The van der Waals surface area contributed by atoms with Crippen LogP contribution < -0.4 is 26.9 Å². The number of carbonyl (C=O) groups excluding carboxylic acids is 4. The number of hydrogen-bond acceptors (Lipinski definition) is 14. The van der Waals surface area contributed by atoms with Crippen molar-refractivity contribution in [2.45, 2.75) is 57.7 Å². The zero-order valence-electron chi connectivity index (χ0n) is 30.5. The van der Waals surface area contributed by atoms with Gasteiger partial charge in [-0.25, -0.2) is 4.79 Å². The minimum absolute atomic E-state index is 0.0233. The Kier molecular flexibility index (Phi) is 22.5. The third-order valence-electron chi connectivity index (χ3n) is 7.84. The Morgan fingerprint density at radius 1 is 0.870 bits per heavy atom. The van der Waals surface area contributed by atoms with Gasteiger partial charge < -0.3 is 26.0 Å². The molecule has 1 aliphatic carbocycles. The first-order valence-electron chi connectivity index (χ1n) is 16.6. The second-order valence-electron chi connectivity index (χ2n) is 11.4. The highest BCUT2D eigenvalue weighted by Gasteiger charge is 2.31. The third kappa shape index (κ3) is 15.5. The van der Waals surface area contributed by atoms with Crippen LogP contribution in [0.25, 0.3) is 0 Å². The summed E-state index contributed by atoms with van der Waals surface area (Å²) in [7, 11) is 1.20. The molecule has 1 aliphatic rings. The molecule has 0 aliphatic heterocycles. The summed E-state index contributed by atoms with van der Waals surface area (Å²) in [4.78, 5) is 63.5. The van der Waals surface area contributed by atoms with Crippen LogP contribution in [0.15, 0.2) is 95.4 Å². The number of ether oxygens (including phenoxy) is 1. The molecule has 294 valence electrons. The summed E-state index contributed by atoms with van der Waals surface area (Å²) < 4.78 is 4.75. The Bertz CT molecular complexity index is 1660. The summed E-state index contributed by atoms with van der Waals surface area (Å²) in [6.45, 7) is 3.67. The molecule has 0 saturated carbocycles. The monoisotopic (exact) mass is 787 g/mol. The molecule has 0 heterocycles. The van der Waals surface area contributed by atoms with Gasteiger partial charge in [-0.15, -0.1) is 0 Å². The van der Waals surface area contributed by atoms with Crippen LogP contribution in [0.3, 0.4) is 0 Å². The molecule has 0 spiro atoms. The van der Waals surface area contributed by atoms with E-state index in [1.807, 2.05) is 31.2 Å². The maximum absolute atomic E-state index is 13.8. The molecule has 18 heteroatoms. The number of carbonyl (C=O) groups is 4. The van der Waals surface area contributed by atoms with Crippen molar-refractivity contribution in [1.29, 1.82) is 5.41 Å². The van der Waals surface area contributed by atoms with E-state index in [4.69, 9.17) is 20.6 Å². The number of benzene rings is 2. The van der Waals surface area contributed by atoms with E-state index in [9.17, 15) is 29.3 Å². The van der Waals surface area contributed by atoms with Gasteiger partial charge in [-0.1, -0.05) is 78.8 Å². The topological polar surface area (TPSA) is 245 Å². The highest BCUT2D eigenvalue weighted by Crippen LogP contribution is 2.25. The van der Waals surface area contributed by atoms with E-state index < -0.39 is 46.7 Å². The minimum Gasteiger partial charge on any atom is -0.467 e. The summed E-state index contributed by atoms with van der Waals surface area (Å²) >= 11 is 7.67. The molecule has 54 heavy (non-hydrogen) atoms. The normalized spacial score (nSPS) is 14.4. The standard InChI is InChI=1S/C35H42N6O7S.CH4S.H3NO2/c1-4-22(2)31-29(41(46)47)16-15-25(32(31)36)37-18-17-30(42)38-26(19-23-11-7-5-8-12-23)33(43)39-27(20-24-13-9-6-10-14-24)34(44)40-28(21-49)35(45)48-3;1-2;2-1-3/h5-16,26-28,36-37,49H,4,17-21H2,1-3H3,(H,38,42)(H,39,43)(H,40,44);2H,1H3;1-3H/b31-22-,36-32?;;. The van der Waals surface area contributed by atoms with Crippen LogP contribution in [0.4, 0.5) is 0 Å². The molecule has 16 nitrogen and oxygen atoms in total. The molecular weight excluding hydrogens is 739 g/mol. The van der Waals surface area contributed by atoms with Crippen LogP contribution >= 0.6 is 25.3 Å². The number of nitro groups is 1. The van der Waals surface area contributed by atoms with Crippen LogP contribution in [0, 0.1) is 15.5 Å². The number of thiol groups is 2. The highest BCUT2D eigenvalue weighted by molar-refractivity contribution is 7.80. The summed E-state index contributed by atoms with van der Waals surface area (Å²) in [5.74, 6) is -2.42. The number of amides is 3. The van der Waals surface area contributed by atoms with Gasteiger partial charge in [0.2, 0.25) is 17.7 Å². The number of esters is 1. The number of nitrogens with one attached hydrogen (secondary N) is 6. The molecule has 3 unspecified atom stereocenters. The van der Waals surface area contributed by atoms with Crippen molar-refractivity contribution in [1.82, 2.24) is 26.9 Å². The predicted molar refractivity (Wildman–Crippen MR) is 210 cm³/mol. The van der Waals surface area contributed by atoms with Gasteiger partial charge in [0, 0.05) is 37.6 Å². The average Bonchev–Trinajstić information content (AvgIpc) is 3.18. The fourth-order valence-electron chi connectivity index (χ4n) is 5.06. The van der Waals surface area contributed by atoms with Crippen LogP contribution in [-0.4, -0.2) is 88.5 Å². The van der Waals surface area contributed by atoms with E-state index in [-0.39, 0.29) is 48.5 Å². The molecule has 0 aromatic heterocycles. The van der Waals surface area contributed by atoms with E-state index in [2.05, 4.69) is 46.5 Å². The van der Waals surface area contributed by atoms with Gasteiger partial charge in [-0.3, -0.25) is 40.3 Å². The van der Waals surface area contributed by atoms with Crippen molar-refractivity contribution in [3.63, 3.8) is 0 Å². The lowest BCUT2D eigenvalue weighted by Gasteiger charge is -2.25. The summed E-state index contributed by atoms with van der Waals surface area (Å²) in [6, 6.07) is 14.9. The average molecular weight is 788 g/mol. The Morgan fingerprint density at radius 2 is 1.35 bits per heavy atom. The lowest BCUT2D eigenvalue weighted by molar-refractivity contribution is -0.420. The fraction of sp³-hybridized carbons (Fsp3) is 0.361. The Morgan fingerprint density at radius 3 is 1.80 bits per heavy atom. The number of nitrogens with zero attached hydrogens (tertiary/aromatic N) is 1. The van der Waals surface area contributed by atoms with Crippen LogP contribution in [-0.2, 0) is 36.8 Å². The van der Waals surface area contributed by atoms with Crippen molar-refractivity contribution in [3.8, 4) is 0 Å². The van der Waals surface area contributed by atoms with Gasteiger partial charge >= 0.3 is 5.97 Å². The van der Waals surface area contributed by atoms with Gasteiger partial charge in [0.1, 0.15) is 18.1 Å².